The minimum atomic E-state index is -4.04. The fourth-order valence-corrected chi connectivity index (χ4v) is 0.548. The summed E-state index contributed by atoms with van der Waals surface area (Å²) in [5.74, 6) is 0. The lowest BCUT2D eigenvalue weighted by Crippen LogP contribution is -2.30. The molecule has 0 spiro atoms. The molecule has 0 unspecified atom stereocenters. The van der Waals surface area contributed by atoms with Crippen molar-refractivity contribution in [3.63, 3.8) is 0 Å². The predicted octanol–water partition coefficient (Wildman–Crippen LogP) is 1.30. The largest absolute Gasteiger partial charge is 0.401 e. The van der Waals surface area contributed by atoms with Crippen LogP contribution in [0.3, 0.4) is 0 Å². The Bertz CT molecular complexity index is 94.9. The van der Waals surface area contributed by atoms with E-state index in [1.54, 1.807) is 0 Å². The number of hydrogen-bond donors (Lipinski definition) is 1. The number of hydrogen-bond acceptors (Lipinski definition) is 1. The van der Waals surface area contributed by atoms with Crippen molar-refractivity contribution in [1.82, 2.24) is 5.32 Å². The molecular formula is C5H8F3N. The maximum Gasteiger partial charge on any atom is 0.401 e. The van der Waals surface area contributed by atoms with E-state index in [4.69, 9.17) is 0 Å². The van der Waals surface area contributed by atoms with Crippen LogP contribution in [0.2, 0.25) is 0 Å². The number of nitrogens with one attached hydrogen (secondary N) is 1. The van der Waals surface area contributed by atoms with Crippen LogP contribution in [0.25, 0.3) is 0 Å². The van der Waals surface area contributed by atoms with Crippen molar-refractivity contribution >= 4 is 0 Å². The van der Waals surface area contributed by atoms with Gasteiger partial charge in [0, 0.05) is 6.04 Å². The minimum absolute atomic E-state index is 0.145. The third kappa shape index (κ3) is 3.35. The lowest BCUT2D eigenvalue weighted by Gasteiger charge is -2.05. The van der Waals surface area contributed by atoms with Crippen molar-refractivity contribution in [1.29, 1.82) is 0 Å². The summed E-state index contributed by atoms with van der Waals surface area (Å²) in [5, 5.41) is 2.37. The first-order valence-corrected chi connectivity index (χ1v) is 2.88. The summed E-state index contributed by atoms with van der Waals surface area (Å²) in [4.78, 5) is 0. The molecule has 4 heteroatoms. The Kier molecular flexibility index (Phi) is 1.66. The first kappa shape index (κ1) is 6.86. The van der Waals surface area contributed by atoms with Gasteiger partial charge in [0.2, 0.25) is 0 Å². The maximum atomic E-state index is 11.4. The van der Waals surface area contributed by atoms with Crippen LogP contribution in [-0.2, 0) is 0 Å². The molecule has 54 valence electrons. The van der Waals surface area contributed by atoms with E-state index >= 15 is 0 Å². The molecule has 1 rings (SSSR count). The maximum absolute atomic E-state index is 11.4. The molecule has 0 atom stereocenters. The van der Waals surface area contributed by atoms with Gasteiger partial charge in [-0.1, -0.05) is 0 Å². The smallest absolute Gasteiger partial charge is 0.306 e. The van der Waals surface area contributed by atoms with Gasteiger partial charge in [-0.15, -0.1) is 0 Å². The molecule has 1 fully saturated rings. The van der Waals surface area contributed by atoms with Crippen LogP contribution < -0.4 is 5.32 Å². The second-order valence-corrected chi connectivity index (χ2v) is 2.27. The van der Waals surface area contributed by atoms with E-state index in [0.29, 0.717) is 0 Å². The fraction of sp³-hybridized carbons (Fsp3) is 1.00. The molecule has 1 saturated carbocycles. The Balaban J connectivity index is 2.03. The molecule has 1 nitrogen and oxygen atoms in total. The second-order valence-electron chi connectivity index (χ2n) is 2.27. The summed E-state index contributed by atoms with van der Waals surface area (Å²) in [7, 11) is 0. The van der Waals surface area contributed by atoms with E-state index in [2.05, 4.69) is 5.32 Å². The molecule has 0 aromatic heterocycles. The normalized spacial score (nSPS) is 20.3. The highest BCUT2D eigenvalue weighted by molar-refractivity contribution is 4.81. The second kappa shape index (κ2) is 2.17. The number of alkyl halides is 3. The Morgan fingerprint density at radius 2 is 1.89 bits per heavy atom. The van der Waals surface area contributed by atoms with E-state index in [9.17, 15) is 13.2 Å². The first-order chi connectivity index (χ1) is 4.08. The zero-order valence-corrected chi connectivity index (χ0v) is 4.83. The van der Waals surface area contributed by atoms with Crippen molar-refractivity contribution in [2.75, 3.05) is 6.54 Å². The average Bonchev–Trinajstić information content (AvgIpc) is 2.38. The topological polar surface area (TPSA) is 12.0 Å². The molecule has 0 aliphatic heterocycles. The molecule has 0 saturated heterocycles. The summed E-state index contributed by atoms with van der Waals surface area (Å²) in [5.41, 5.74) is 0. The molecule has 1 N–H and O–H groups in total. The summed E-state index contributed by atoms with van der Waals surface area (Å²) in [6, 6.07) is 0.145. The highest BCUT2D eigenvalue weighted by atomic mass is 19.4. The van der Waals surface area contributed by atoms with E-state index in [1.165, 1.54) is 0 Å². The molecule has 0 aromatic carbocycles. The lowest BCUT2D eigenvalue weighted by molar-refractivity contribution is -0.125. The zero-order valence-electron chi connectivity index (χ0n) is 4.83. The molecule has 9 heavy (non-hydrogen) atoms. The van der Waals surface area contributed by atoms with Crippen LogP contribution in [0.1, 0.15) is 12.8 Å². The van der Waals surface area contributed by atoms with Crippen LogP contribution in [0.15, 0.2) is 0 Å². The van der Waals surface area contributed by atoms with Crippen molar-refractivity contribution in [3.8, 4) is 0 Å². The quantitative estimate of drug-likeness (QED) is 0.608. The predicted molar refractivity (Wildman–Crippen MR) is 27.1 cm³/mol. The van der Waals surface area contributed by atoms with Crippen LogP contribution in [0.4, 0.5) is 13.2 Å². The van der Waals surface area contributed by atoms with Crippen molar-refractivity contribution in [2.45, 2.75) is 25.1 Å². The Hall–Kier alpha value is -0.250. The van der Waals surface area contributed by atoms with Gasteiger partial charge in [0.1, 0.15) is 0 Å². The third-order valence-corrected chi connectivity index (χ3v) is 1.17. The van der Waals surface area contributed by atoms with Crippen LogP contribution in [0, 0.1) is 0 Å². The van der Waals surface area contributed by atoms with Gasteiger partial charge in [-0.2, -0.15) is 13.2 Å². The molecule has 1 aliphatic carbocycles. The SMILES string of the molecule is FC(F)(F)CNC1CC1. The summed E-state index contributed by atoms with van der Waals surface area (Å²) in [6.45, 7) is -0.836. The van der Waals surface area contributed by atoms with Gasteiger partial charge < -0.3 is 5.32 Å². The number of rotatable bonds is 2. The van der Waals surface area contributed by atoms with Gasteiger partial charge >= 0.3 is 6.18 Å². The summed E-state index contributed by atoms with van der Waals surface area (Å²) >= 11 is 0. The minimum Gasteiger partial charge on any atom is -0.306 e. The first-order valence-electron chi connectivity index (χ1n) is 2.88. The number of halogens is 3. The third-order valence-electron chi connectivity index (χ3n) is 1.17. The molecule has 0 heterocycles. The summed E-state index contributed by atoms with van der Waals surface area (Å²) < 4.78 is 34.1. The molecule has 1 aliphatic rings. The zero-order chi connectivity index (χ0) is 6.91. The average molecular weight is 139 g/mol. The van der Waals surface area contributed by atoms with Gasteiger partial charge in [-0.25, -0.2) is 0 Å². The van der Waals surface area contributed by atoms with Crippen molar-refractivity contribution < 1.29 is 13.2 Å². The van der Waals surface area contributed by atoms with Gasteiger partial charge in [0.05, 0.1) is 6.54 Å². The molecular weight excluding hydrogens is 131 g/mol. The van der Waals surface area contributed by atoms with Crippen LogP contribution >= 0.6 is 0 Å². The highest BCUT2D eigenvalue weighted by Gasteiger charge is 2.30. The lowest BCUT2D eigenvalue weighted by atomic mass is 10.6. The Morgan fingerprint density at radius 1 is 1.33 bits per heavy atom. The van der Waals surface area contributed by atoms with Crippen LogP contribution in [0.5, 0.6) is 0 Å². The van der Waals surface area contributed by atoms with Gasteiger partial charge in [0.25, 0.3) is 0 Å². The van der Waals surface area contributed by atoms with E-state index in [1.807, 2.05) is 0 Å². The summed E-state index contributed by atoms with van der Waals surface area (Å²) in [6.07, 6.45) is -2.24. The monoisotopic (exact) mass is 139 g/mol. The van der Waals surface area contributed by atoms with E-state index in [0.717, 1.165) is 12.8 Å². The van der Waals surface area contributed by atoms with E-state index in [-0.39, 0.29) is 6.04 Å². The molecule has 0 aromatic rings. The Morgan fingerprint density at radius 3 is 2.22 bits per heavy atom. The molecule has 0 amide bonds. The molecule has 0 bridgehead atoms. The van der Waals surface area contributed by atoms with Crippen molar-refractivity contribution in [2.24, 2.45) is 0 Å². The molecule has 0 radical (unpaired) electrons. The van der Waals surface area contributed by atoms with Gasteiger partial charge in [0.15, 0.2) is 0 Å². The van der Waals surface area contributed by atoms with Gasteiger partial charge in [-0.05, 0) is 12.8 Å². The van der Waals surface area contributed by atoms with Gasteiger partial charge in [-0.3, -0.25) is 0 Å². The van der Waals surface area contributed by atoms with Crippen molar-refractivity contribution in [3.05, 3.63) is 0 Å². The highest BCUT2D eigenvalue weighted by Crippen LogP contribution is 2.21. The van der Waals surface area contributed by atoms with Crippen LogP contribution in [-0.4, -0.2) is 18.8 Å². The standard InChI is InChI=1S/C5H8F3N/c6-5(7,8)3-9-4-1-2-4/h4,9H,1-3H2. The fourth-order valence-electron chi connectivity index (χ4n) is 0.548. The Labute approximate surface area is 51.2 Å². The van der Waals surface area contributed by atoms with E-state index < -0.39 is 12.7 Å².